The average molecular weight is 451 g/mol. The quantitative estimate of drug-likeness (QED) is 0.479. The Labute approximate surface area is 194 Å². The summed E-state index contributed by atoms with van der Waals surface area (Å²) in [4.78, 5) is 31.0. The summed E-state index contributed by atoms with van der Waals surface area (Å²) >= 11 is 0. The molecular weight excluding hydrogens is 420 g/mol. The molecule has 0 unspecified atom stereocenters. The first-order chi connectivity index (χ1) is 15.9. The van der Waals surface area contributed by atoms with Crippen LogP contribution in [0.1, 0.15) is 50.2 Å². The molecule has 0 aliphatic carbocycles. The number of aromatic amines is 1. The van der Waals surface area contributed by atoms with Gasteiger partial charge in [-0.05, 0) is 62.2 Å². The first-order valence-corrected chi connectivity index (χ1v) is 10.8. The van der Waals surface area contributed by atoms with Crippen molar-refractivity contribution in [2.75, 3.05) is 20.8 Å². The van der Waals surface area contributed by atoms with Gasteiger partial charge in [-0.2, -0.15) is 0 Å². The summed E-state index contributed by atoms with van der Waals surface area (Å²) in [6, 6.07) is 14.7. The Morgan fingerprint density at radius 3 is 2.27 bits per heavy atom. The number of benzene rings is 2. The minimum Gasteiger partial charge on any atom is -0.497 e. The SMILES string of the molecule is CCOC(=O)c1c(C)[nH]c(CN(Cc2ccc(OC)cc2)C(=O)c2cccc(OC)c2)c1C. The van der Waals surface area contributed by atoms with Gasteiger partial charge in [0.1, 0.15) is 11.5 Å². The molecule has 0 atom stereocenters. The number of nitrogens with one attached hydrogen (secondary N) is 1. The molecule has 1 aromatic heterocycles. The molecule has 0 saturated carbocycles. The van der Waals surface area contributed by atoms with Crippen LogP contribution in [-0.4, -0.2) is 42.6 Å². The molecule has 7 nitrogen and oxygen atoms in total. The van der Waals surface area contributed by atoms with Crippen molar-refractivity contribution in [1.82, 2.24) is 9.88 Å². The molecule has 7 heteroatoms. The predicted octanol–water partition coefficient (Wildman–Crippen LogP) is 4.67. The molecule has 0 aliphatic rings. The van der Waals surface area contributed by atoms with Crippen LogP contribution < -0.4 is 9.47 Å². The van der Waals surface area contributed by atoms with E-state index in [0.29, 0.717) is 36.6 Å². The van der Waals surface area contributed by atoms with Crippen molar-refractivity contribution < 1.29 is 23.8 Å². The molecule has 3 rings (SSSR count). The topological polar surface area (TPSA) is 80.9 Å². The Morgan fingerprint density at radius 1 is 0.939 bits per heavy atom. The van der Waals surface area contributed by atoms with Gasteiger partial charge in [0.15, 0.2) is 0 Å². The number of esters is 1. The van der Waals surface area contributed by atoms with Crippen LogP contribution in [-0.2, 0) is 17.8 Å². The van der Waals surface area contributed by atoms with Crippen LogP contribution >= 0.6 is 0 Å². The number of aryl methyl sites for hydroxylation is 1. The van der Waals surface area contributed by atoms with Gasteiger partial charge in [0.2, 0.25) is 0 Å². The van der Waals surface area contributed by atoms with Gasteiger partial charge in [0, 0.05) is 23.5 Å². The molecule has 3 aromatic rings. The normalized spacial score (nSPS) is 10.6. The number of nitrogens with zero attached hydrogens (tertiary/aromatic N) is 1. The fraction of sp³-hybridized carbons (Fsp3) is 0.308. The highest BCUT2D eigenvalue weighted by Gasteiger charge is 2.23. The van der Waals surface area contributed by atoms with Gasteiger partial charge in [-0.3, -0.25) is 4.79 Å². The third-order valence-electron chi connectivity index (χ3n) is 5.51. The molecule has 2 aromatic carbocycles. The lowest BCUT2D eigenvalue weighted by atomic mass is 10.1. The first kappa shape index (κ1) is 23.9. The maximum absolute atomic E-state index is 13.5. The summed E-state index contributed by atoms with van der Waals surface area (Å²) in [7, 11) is 3.19. The second kappa shape index (κ2) is 10.7. The van der Waals surface area contributed by atoms with Crippen LogP contribution in [0, 0.1) is 13.8 Å². The van der Waals surface area contributed by atoms with Crippen LogP contribution in [0.3, 0.4) is 0 Å². The van der Waals surface area contributed by atoms with Gasteiger partial charge in [-0.1, -0.05) is 18.2 Å². The maximum atomic E-state index is 13.5. The maximum Gasteiger partial charge on any atom is 0.340 e. The molecule has 0 spiro atoms. The largest absolute Gasteiger partial charge is 0.497 e. The number of carbonyl (C=O) groups is 2. The van der Waals surface area contributed by atoms with Crippen LogP contribution in [0.25, 0.3) is 0 Å². The molecule has 33 heavy (non-hydrogen) atoms. The van der Waals surface area contributed by atoms with E-state index in [1.807, 2.05) is 38.1 Å². The van der Waals surface area contributed by atoms with Crippen LogP contribution in [0.4, 0.5) is 0 Å². The Bertz CT molecular complexity index is 1120. The number of amides is 1. The predicted molar refractivity (Wildman–Crippen MR) is 126 cm³/mol. The molecule has 174 valence electrons. The molecular formula is C26H30N2O5. The minimum absolute atomic E-state index is 0.144. The summed E-state index contributed by atoms with van der Waals surface area (Å²) in [5, 5.41) is 0. The molecule has 1 N–H and O–H groups in total. The number of ether oxygens (including phenoxy) is 3. The van der Waals surface area contributed by atoms with E-state index in [1.165, 1.54) is 0 Å². The third-order valence-corrected chi connectivity index (χ3v) is 5.51. The zero-order chi connectivity index (χ0) is 24.0. The number of aromatic nitrogens is 1. The molecule has 1 heterocycles. The van der Waals surface area contributed by atoms with Crippen molar-refractivity contribution in [2.24, 2.45) is 0 Å². The number of carbonyl (C=O) groups excluding carboxylic acids is 2. The van der Waals surface area contributed by atoms with E-state index >= 15 is 0 Å². The Kier molecular flexibility index (Phi) is 7.77. The second-order valence-corrected chi connectivity index (χ2v) is 7.69. The van der Waals surface area contributed by atoms with E-state index in [4.69, 9.17) is 14.2 Å². The molecule has 0 saturated heterocycles. The van der Waals surface area contributed by atoms with Crippen molar-refractivity contribution in [1.29, 1.82) is 0 Å². The summed E-state index contributed by atoms with van der Waals surface area (Å²) in [6.07, 6.45) is 0. The number of rotatable bonds is 9. The molecule has 0 aliphatic heterocycles. The van der Waals surface area contributed by atoms with E-state index in [0.717, 1.165) is 28.3 Å². The number of methoxy groups -OCH3 is 2. The smallest absolute Gasteiger partial charge is 0.340 e. The van der Waals surface area contributed by atoms with Crippen LogP contribution in [0.5, 0.6) is 11.5 Å². The van der Waals surface area contributed by atoms with Gasteiger partial charge < -0.3 is 24.1 Å². The highest BCUT2D eigenvalue weighted by molar-refractivity contribution is 5.95. The molecule has 1 amide bonds. The zero-order valence-corrected chi connectivity index (χ0v) is 19.7. The number of hydrogen-bond donors (Lipinski definition) is 1. The monoisotopic (exact) mass is 450 g/mol. The van der Waals surface area contributed by atoms with Crippen molar-refractivity contribution >= 4 is 11.9 Å². The van der Waals surface area contributed by atoms with Crippen molar-refractivity contribution in [2.45, 2.75) is 33.9 Å². The lowest BCUT2D eigenvalue weighted by molar-refractivity contribution is 0.0524. The first-order valence-electron chi connectivity index (χ1n) is 10.8. The van der Waals surface area contributed by atoms with Crippen LogP contribution in [0.15, 0.2) is 48.5 Å². The van der Waals surface area contributed by atoms with E-state index in [9.17, 15) is 9.59 Å². The highest BCUT2D eigenvalue weighted by atomic mass is 16.5. The Balaban J connectivity index is 1.95. The van der Waals surface area contributed by atoms with Crippen molar-refractivity contribution in [3.8, 4) is 11.5 Å². The van der Waals surface area contributed by atoms with Gasteiger partial charge in [0.05, 0.1) is 32.9 Å². The average Bonchev–Trinajstić information content (AvgIpc) is 3.11. The van der Waals surface area contributed by atoms with E-state index < -0.39 is 0 Å². The molecule has 0 radical (unpaired) electrons. The van der Waals surface area contributed by atoms with Gasteiger partial charge in [-0.15, -0.1) is 0 Å². The minimum atomic E-state index is -0.365. The van der Waals surface area contributed by atoms with E-state index in [1.54, 1.807) is 50.3 Å². The summed E-state index contributed by atoms with van der Waals surface area (Å²) in [5.41, 5.74) is 4.29. The van der Waals surface area contributed by atoms with Crippen molar-refractivity contribution in [3.63, 3.8) is 0 Å². The Morgan fingerprint density at radius 2 is 1.64 bits per heavy atom. The lowest BCUT2D eigenvalue weighted by Gasteiger charge is -2.23. The fourth-order valence-electron chi connectivity index (χ4n) is 3.76. The highest BCUT2D eigenvalue weighted by Crippen LogP contribution is 2.24. The second-order valence-electron chi connectivity index (χ2n) is 7.69. The van der Waals surface area contributed by atoms with E-state index in [2.05, 4.69) is 4.98 Å². The van der Waals surface area contributed by atoms with Gasteiger partial charge in [-0.25, -0.2) is 4.79 Å². The fourth-order valence-corrected chi connectivity index (χ4v) is 3.76. The van der Waals surface area contributed by atoms with Crippen molar-refractivity contribution in [3.05, 3.63) is 82.2 Å². The van der Waals surface area contributed by atoms with E-state index in [-0.39, 0.29) is 11.9 Å². The third kappa shape index (κ3) is 5.55. The summed E-state index contributed by atoms with van der Waals surface area (Å²) in [5.74, 6) is 0.853. The number of hydrogen-bond acceptors (Lipinski definition) is 5. The standard InChI is InChI=1S/C26H30N2O5/c1-6-33-26(30)24-17(2)23(27-18(24)3)16-28(15-19-10-12-21(31-4)13-11-19)25(29)20-8-7-9-22(14-20)32-5/h7-14,27H,6,15-16H2,1-5H3. The van der Waals surface area contributed by atoms with Gasteiger partial charge in [0.25, 0.3) is 5.91 Å². The molecule has 0 bridgehead atoms. The lowest BCUT2D eigenvalue weighted by Crippen LogP contribution is -2.30. The Hall–Kier alpha value is -3.74. The number of H-pyrrole nitrogens is 1. The van der Waals surface area contributed by atoms with Gasteiger partial charge >= 0.3 is 5.97 Å². The summed E-state index contributed by atoms with van der Waals surface area (Å²) in [6.45, 7) is 6.46. The van der Waals surface area contributed by atoms with Crippen LogP contribution in [0.2, 0.25) is 0 Å². The molecule has 0 fully saturated rings. The summed E-state index contributed by atoms with van der Waals surface area (Å²) < 4.78 is 15.7. The zero-order valence-electron chi connectivity index (χ0n) is 19.7.